The Labute approximate surface area is 83.1 Å². The van der Waals surface area contributed by atoms with Gasteiger partial charge in [0.05, 0.1) is 6.42 Å². The molecule has 0 N–H and O–H groups in total. The first-order valence-corrected chi connectivity index (χ1v) is 5.11. The van der Waals surface area contributed by atoms with Gasteiger partial charge in [0.25, 0.3) is 0 Å². The zero-order valence-corrected chi connectivity index (χ0v) is 8.34. The van der Waals surface area contributed by atoms with Gasteiger partial charge in [0.2, 0.25) is 5.78 Å². The predicted octanol–water partition coefficient (Wildman–Crippen LogP) is 1.76. The Bertz CT molecular complexity index is 314. The van der Waals surface area contributed by atoms with Gasteiger partial charge in [0, 0.05) is 12.0 Å². The molecule has 3 nitrogen and oxygen atoms in total. The summed E-state index contributed by atoms with van der Waals surface area (Å²) in [4.78, 5) is 22.6. The Kier molecular flexibility index (Phi) is 2.40. The van der Waals surface area contributed by atoms with Gasteiger partial charge in [-0.25, -0.2) is 0 Å². The molecule has 2 rings (SSSR count). The molecule has 0 bridgehead atoms. The molecule has 1 unspecified atom stereocenters. The van der Waals surface area contributed by atoms with Crippen molar-refractivity contribution < 1.29 is 14.3 Å². The fraction of sp³-hybridized carbons (Fsp3) is 0.636. The Balaban J connectivity index is 2.10. The second-order valence-corrected chi connectivity index (χ2v) is 3.99. The van der Waals surface area contributed by atoms with Gasteiger partial charge in [-0.05, 0) is 26.2 Å². The van der Waals surface area contributed by atoms with E-state index < -0.39 is 6.10 Å². The van der Waals surface area contributed by atoms with E-state index in [0.717, 1.165) is 37.0 Å². The van der Waals surface area contributed by atoms with E-state index in [-0.39, 0.29) is 18.0 Å². The summed E-state index contributed by atoms with van der Waals surface area (Å²) in [5.74, 6) is 0.922. The molecule has 14 heavy (non-hydrogen) atoms. The molecule has 76 valence electrons. The van der Waals surface area contributed by atoms with Crippen molar-refractivity contribution in [3.8, 4) is 0 Å². The maximum atomic E-state index is 11.7. The monoisotopic (exact) mass is 194 g/mol. The number of ketones is 2. The highest BCUT2D eigenvalue weighted by Crippen LogP contribution is 2.34. The normalized spacial score (nSPS) is 26.1. The third-order valence-electron chi connectivity index (χ3n) is 2.76. The lowest BCUT2D eigenvalue weighted by Gasteiger charge is -2.11. The van der Waals surface area contributed by atoms with E-state index in [1.807, 2.05) is 0 Å². The van der Waals surface area contributed by atoms with Crippen LogP contribution in [0.4, 0.5) is 0 Å². The number of ether oxygens (including phenoxy) is 1. The number of carbonyl (C=O) groups excluding carboxylic acids is 2. The standard InChI is InChI=1S/C11H14O3/c1-7(12)6-10-11(13)8-4-2-3-5-9(8)14-10/h10H,2-6H2,1H3. The molecule has 0 aromatic rings. The number of hydrogen-bond donors (Lipinski definition) is 0. The molecule has 0 fully saturated rings. The summed E-state index contributed by atoms with van der Waals surface area (Å²) in [6.07, 6.45) is 3.60. The van der Waals surface area contributed by atoms with Crippen molar-refractivity contribution in [3.05, 3.63) is 11.3 Å². The summed E-state index contributed by atoms with van der Waals surface area (Å²) in [6.45, 7) is 1.49. The van der Waals surface area contributed by atoms with Crippen LogP contribution in [0.2, 0.25) is 0 Å². The summed E-state index contributed by atoms with van der Waals surface area (Å²) >= 11 is 0. The van der Waals surface area contributed by atoms with Crippen LogP contribution in [-0.2, 0) is 14.3 Å². The van der Waals surface area contributed by atoms with Crippen LogP contribution in [0.5, 0.6) is 0 Å². The maximum Gasteiger partial charge on any atom is 0.203 e. The van der Waals surface area contributed by atoms with Crippen LogP contribution in [0, 0.1) is 0 Å². The zero-order valence-electron chi connectivity index (χ0n) is 8.34. The van der Waals surface area contributed by atoms with Gasteiger partial charge in [0.15, 0.2) is 6.10 Å². The number of rotatable bonds is 2. The number of carbonyl (C=O) groups is 2. The summed E-state index contributed by atoms with van der Waals surface area (Å²) < 4.78 is 5.50. The van der Waals surface area contributed by atoms with E-state index in [9.17, 15) is 9.59 Å². The van der Waals surface area contributed by atoms with Crippen LogP contribution in [0.25, 0.3) is 0 Å². The topological polar surface area (TPSA) is 43.4 Å². The summed E-state index contributed by atoms with van der Waals surface area (Å²) in [5, 5.41) is 0. The van der Waals surface area contributed by atoms with Crippen molar-refractivity contribution in [3.63, 3.8) is 0 Å². The summed E-state index contributed by atoms with van der Waals surface area (Å²) in [7, 11) is 0. The van der Waals surface area contributed by atoms with Gasteiger partial charge in [-0.3, -0.25) is 9.59 Å². The number of allylic oxidation sites excluding steroid dienone is 1. The van der Waals surface area contributed by atoms with Crippen LogP contribution in [-0.4, -0.2) is 17.7 Å². The average molecular weight is 194 g/mol. The van der Waals surface area contributed by atoms with E-state index in [1.165, 1.54) is 6.92 Å². The highest BCUT2D eigenvalue weighted by molar-refractivity contribution is 6.03. The van der Waals surface area contributed by atoms with Gasteiger partial charge < -0.3 is 4.74 Å². The Morgan fingerprint density at radius 3 is 2.79 bits per heavy atom. The average Bonchev–Trinajstić information content (AvgIpc) is 2.44. The lowest BCUT2D eigenvalue weighted by molar-refractivity contribution is -0.127. The summed E-state index contributed by atoms with van der Waals surface area (Å²) in [5.41, 5.74) is 0.850. The third-order valence-corrected chi connectivity index (χ3v) is 2.76. The molecule has 0 saturated carbocycles. The first-order valence-electron chi connectivity index (χ1n) is 5.11. The van der Waals surface area contributed by atoms with Gasteiger partial charge in [0.1, 0.15) is 11.5 Å². The van der Waals surface area contributed by atoms with Gasteiger partial charge in [-0.15, -0.1) is 0 Å². The smallest absolute Gasteiger partial charge is 0.203 e. The van der Waals surface area contributed by atoms with Gasteiger partial charge in [-0.1, -0.05) is 0 Å². The molecule has 3 heteroatoms. The first-order chi connectivity index (χ1) is 6.68. The minimum Gasteiger partial charge on any atom is -0.486 e. The van der Waals surface area contributed by atoms with Crippen molar-refractivity contribution in [2.75, 3.05) is 0 Å². The fourth-order valence-corrected chi connectivity index (χ4v) is 2.08. The predicted molar refractivity (Wildman–Crippen MR) is 50.7 cm³/mol. The van der Waals surface area contributed by atoms with Gasteiger partial charge in [-0.2, -0.15) is 0 Å². The lowest BCUT2D eigenvalue weighted by Crippen LogP contribution is -2.21. The number of hydrogen-bond acceptors (Lipinski definition) is 3. The van der Waals surface area contributed by atoms with E-state index in [2.05, 4.69) is 0 Å². The molecule has 0 spiro atoms. The van der Waals surface area contributed by atoms with Crippen molar-refractivity contribution in [1.82, 2.24) is 0 Å². The molecular weight excluding hydrogens is 180 g/mol. The SMILES string of the molecule is CC(=O)CC1OC2=C(CCCC2)C1=O. The minimum absolute atomic E-state index is 0.0168. The Morgan fingerprint density at radius 1 is 1.43 bits per heavy atom. The van der Waals surface area contributed by atoms with Gasteiger partial charge >= 0.3 is 0 Å². The first kappa shape index (κ1) is 9.44. The van der Waals surface area contributed by atoms with Crippen LogP contribution in [0.15, 0.2) is 11.3 Å². The molecule has 0 aromatic carbocycles. The van der Waals surface area contributed by atoms with Crippen LogP contribution in [0.3, 0.4) is 0 Å². The highest BCUT2D eigenvalue weighted by Gasteiger charge is 2.36. The molecule has 1 heterocycles. The Hall–Kier alpha value is -1.12. The molecule has 0 amide bonds. The van der Waals surface area contributed by atoms with Crippen LogP contribution >= 0.6 is 0 Å². The van der Waals surface area contributed by atoms with Crippen molar-refractivity contribution in [2.45, 2.75) is 45.1 Å². The van der Waals surface area contributed by atoms with Crippen molar-refractivity contribution >= 4 is 11.6 Å². The zero-order chi connectivity index (χ0) is 10.1. The lowest BCUT2D eigenvalue weighted by atomic mass is 9.94. The molecular formula is C11H14O3. The molecule has 2 aliphatic rings. The van der Waals surface area contributed by atoms with Crippen molar-refractivity contribution in [2.24, 2.45) is 0 Å². The third kappa shape index (κ3) is 1.59. The maximum absolute atomic E-state index is 11.7. The molecule has 1 atom stereocenters. The molecule has 1 aliphatic heterocycles. The van der Waals surface area contributed by atoms with E-state index in [4.69, 9.17) is 4.74 Å². The molecule has 0 saturated heterocycles. The second kappa shape index (κ2) is 3.56. The van der Waals surface area contributed by atoms with E-state index in [1.54, 1.807) is 0 Å². The van der Waals surface area contributed by atoms with Crippen LogP contribution < -0.4 is 0 Å². The van der Waals surface area contributed by atoms with Crippen LogP contribution in [0.1, 0.15) is 39.0 Å². The largest absolute Gasteiger partial charge is 0.486 e. The fourth-order valence-electron chi connectivity index (χ4n) is 2.08. The Morgan fingerprint density at radius 2 is 2.14 bits per heavy atom. The minimum atomic E-state index is -0.504. The van der Waals surface area contributed by atoms with E-state index >= 15 is 0 Å². The summed E-state index contributed by atoms with van der Waals surface area (Å²) in [6, 6.07) is 0. The van der Waals surface area contributed by atoms with E-state index in [0.29, 0.717) is 0 Å². The molecule has 1 aliphatic carbocycles. The molecule has 0 radical (unpaired) electrons. The quantitative estimate of drug-likeness (QED) is 0.672. The van der Waals surface area contributed by atoms with Crippen molar-refractivity contribution in [1.29, 1.82) is 0 Å². The second-order valence-electron chi connectivity index (χ2n) is 3.99. The number of Topliss-reactive ketones (excluding diaryl/α,β-unsaturated/α-hetero) is 2. The highest BCUT2D eigenvalue weighted by atomic mass is 16.5. The molecule has 0 aromatic heterocycles.